The average Bonchev–Trinajstić information content (AvgIpc) is 2.29. The quantitative estimate of drug-likeness (QED) is 0.757. The maximum absolute atomic E-state index is 4.20. The van der Waals surface area contributed by atoms with Gasteiger partial charge in [0.25, 0.3) is 0 Å². The molecule has 0 fully saturated rings. The van der Waals surface area contributed by atoms with Crippen molar-refractivity contribution in [3.63, 3.8) is 0 Å². The van der Waals surface area contributed by atoms with Crippen molar-refractivity contribution >= 4 is 11.4 Å². The molecule has 2 rings (SSSR count). The first kappa shape index (κ1) is 10.7. The monoisotopic (exact) mass is 212 g/mol. The van der Waals surface area contributed by atoms with Crippen molar-refractivity contribution in [2.75, 3.05) is 11.9 Å². The second kappa shape index (κ2) is 4.35. The summed E-state index contributed by atoms with van der Waals surface area (Å²) in [7, 11) is 2.07. The molecule has 0 amide bonds. The topological polar surface area (TPSA) is 16.1 Å². The van der Waals surface area contributed by atoms with Gasteiger partial charge in [-0.15, -0.1) is 0 Å². The van der Waals surface area contributed by atoms with Gasteiger partial charge in [0.2, 0.25) is 0 Å². The van der Waals surface area contributed by atoms with Crippen LogP contribution in [0.2, 0.25) is 0 Å². The fourth-order valence-electron chi connectivity index (χ4n) is 1.66. The summed E-state index contributed by atoms with van der Waals surface area (Å²) in [5.74, 6) is 0. The molecule has 0 atom stereocenters. The van der Waals surface area contributed by atoms with E-state index in [1.807, 2.05) is 19.2 Å². The van der Waals surface area contributed by atoms with Crippen molar-refractivity contribution in [1.29, 1.82) is 0 Å². The summed E-state index contributed by atoms with van der Waals surface area (Å²) in [6.07, 6.45) is 1.84. The summed E-state index contributed by atoms with van der Waals surface area (Å²) < 4.78 is 0. The number of nitrogens with zero attached hydrogens (tertiary/aromatic N) is 2. The van der Waals surface area contributed by atoms with E-state index in [9.17, 15) is 0 Å². The summed E-state index contributed by atoms with van der Waals surface area (Å²) in [5.41, 5.74) is 4.67. The molecule has 0 aliphatic rings. The second-order valence-corrected chi connectivity index (χ2v) is 4.05. The molecule has 2 aromatic rings. The highest BCUT2D eigenvalue weighted by Gasteiger charge is 2.03. The molecule has 2 nitrogen and oxygen atoms in total. The number of benzene rings is 1. The third kappa shape index (κ3) is 2.22. The molecule has 82 valence electrons. The van der Waals surface area contributed by atoms with E-state index >= 15 is 0 Å². The van der Waals surface area contributed by atoms with Crippen LogP contribution < -0.4 is 4.90 Å². The zero-order valence-electron chi connectivity index (χ0n) is 9.94. The summed E-state index contributed by atoms with van der Waals surface area (Å²) in [4.78, 5) is 6.36. The van der Waals surface area contributed by atoms with E-state index in [1.54, 1.807) is 0 Å². The Morgan fingerprint density at radius 3 is 2.25 bits per heavy atom. The van der Waals surface area contributed by atoms with Gasteiger partial charge in [0.1, 0.15) is 0 Å². The lowest BCUT2D eigenvalue weighted by molar-refractivity contribution is 1.14. The van der Waals surface area contributed by atoms with Gasteiger partial charge in [-0.25, -0.2) is 0 Å². The molecule has 0 spiro atoms. The molecule has 1 aromatic heterocycles. The predicted octanol–water partition coefficient (Wildman–Crippen LogP) is 3.47. The normalized spacial score (nSPS) is 10.2. The first-order chi connectivity index (χ1) is 7.66. The van der Waals surface area contributed by atoms with E-state index in [1.165, 1.54) is 11.3 Å². The zero-order chi connectivity index (χ0) is 11.5. The van der Waals surface area contributed by atoms with Crippen LogP contribution >= 0.6 is 0 Å². The number of anilines is 2. The van der Waals surface area contributed by atoms with Crippen molar-refractivity contribution in [3.8, 4) is 0 Å². The Hall–Kier alpha value is -1.83. The van der Waals surface area contributed by atoms with Crippen LogP contribution in [0.4, 0.5) is 11.4 Å². The van der Waals surface area contributed by atoms with Crippen molar-refractivity contribution in [3.05, 3.63) is 53.9 Å². The van der Waals surface area contributed by atoms with Crippen molar-refractivity contribution < 1.29 is 0 Å². The molecule has 2 heteroatoms. The van der Waals surface area contributed by atoms with Crippen LogP contribution in [0.5, 0.6) is 0 Å². The lowest BCUT2D eigenvalue weighted by Gasteiger charge is -2.19. The van der Waals surface area contributed by atoms with E-state index in [0.29, 0.717) is 0 Å². The smallest absolute Gasteiger partial charge is 0.0441 e. The van der Waals surface area contributed by atoms with Gasteiger partial charge in [-0.1, -0.05) is 17.7 Å². The van der Waals surface area contributed by atoms with Crippen LogP contribution in [0.3, 0.4) is 0 Å². The van der Waals surface area contributed by atoms with E-state index in [-0.39, 0.29) is 0 Å². The third-order valence-electron chi connectivity index (χ3n) is 2.69. The third-order valence-corrected chi connectivity index (χ3v) is 2.69. The molecule has 0 saturated carbocycles. The van der Waals surface area contributed by atoms with Crippen molar-refractivity contribution in [2.45, 2.75) is 13.8 Å². The Labute approximate surface area is 96.6 Å². The summed E-state index contributed by atoms with van der Waals surface area (Å²) >= 11 is 0. The minimum absolute atomic E-state index is 1.04. The first-order valence-corrected chi connectivity index (χ1v) is 5.40. The fourth-order valence-corrected chi connectivity index (χ4v) is 1.66. The SMILES string of the molecule is Cc1ccc(N(C)c2ccnc(C)c2)cc1. The van der Waals surface area contributed by atoms with Gasteiger partial charge in [-0.3, -0.25) is 4.98 Å². The zero-order valence-corrected chi connectivity index (χ0v) is 9.94. The Kier molecular flexibility index (Phi) is 2.91. The molecular weight excluding hydrogens is 196 g/mol. The van der Waals surface area contributed by atoms with Crippen molar-refractivity contribution in [1.82, 2.24) is 4.98 Å². The van der Waals surface area contributed by atoms with Gasteiger partial charge < -0.3 is 4.90 Å². The van der Waals surface area contributed by atoms with Gasteiger partial charge in [0.05, 0.1) is 0 Å². The van der Waals surface area contributed by atoms with Crippen molar-refractivity contribution in [2.24, 2.45) is 0 Å². The molecule has 0 N–H and O–H groups in total. The van der Waals surface area contributed by atoms with Gasteiger partial charge in [-0.2, -0.15) is 0 Å². The van der Waals surface area contributed by atoms with Gasteiger partial charge in [-0.05, 0) is 38.1 Å². The number of hydrogen-bond acceptors (Lipinski definition) is 2. The van der Waals surface area contributed by atoms with Crippen LogP contribution in [0.15, 0.2) is 42.6 Å². The van der Waals surface area contributed by atoms with Gasteiger partial charge in [0.15, 0.2) is 0 Å². The molecule has 0 bridgehead atoms. The maximum atomic E-state index is 4.20. The highest BCUT2D eigenvalue weighted by molar-refractivity contribution is 5.62. The summed E-state index contributed by atoms with van der Waals surface area (Å²) in [6.45, 7) is 4.10. The Morgan fingerprint density at radius 1 is 0.938 bits per heavy atom. The molecule has 0 aliphatic heterocycles. The van der Waals surface area contributed by atoms with Crippen LogP contribution in [-0.2, 0) is 0 Å². The van der Waals surface area contributed by atoms with Crippen LogP contribution in [0.1, 0.15) is 11.3 Å². The predicted molar refractivity (Wildman–Crippen MR) is 68.2 cm³/mol. The molecule has 16 heavy (non-hydrogen) atoms. The fraction of sp³-hybridized carbons (Fsp3) is 0.214. The minimum Gasteiger partial charge on any atom is -0.345 e. The second-order valence-electron chi connectivity index (χ2n) is 4.05. The number of aryl methyl sites for hydroxylation is 2. The number of rotatable bonds is 2. The van der Waals surface area contributed by atoms with E-state index in [4.69, 9.17) is 0 Å². The lowest BCUT2D eigenvalue weighted by Crippen LogP contribution is -2.09. The minimum atomic E-state index is 1.04. The number of aromatic nitrogens is 1. The molecule has 0 radical (unpaired) electrons. The summed E-state index contributed by atoms with van der Waals surface area (Å²) in [5, 5.41) is 0. The molecule has 1 aromatic carbocycles. The number of hydrogen-bond donors (Lipinski definition) is 0. The molecular formula is C14H16N2. The Morgan fingerprint density at radius 2 is 1.62 bits per heavy atom. The van der Waals surface area contributed by atoms with Crippen LogP contribution in [0, 0.1) is 13.8 Å². The molecule has 1 heterocycles. The van der Waals surface area contributed by atoms with E-state index in [0.717, 1.165) is 11.4 Å². The van der Waals surface area contributed by atoms with E-state index < -0.39 is 0 Å². The van der Waals surface area contributed by atoms with Gasteiger partial charge in [0, 0.05) is 30.3 Å². The molecule has 0 unspecified atom stereocenters. The van der Waals surface area contributed by atoms with E-state index in [2.05, 4.69) is 54.2 Å². The Balaban J connectivity index is 2.31. The highest BCUT2D eigenvalue weighted by atomic mass is 15.1. The largest absolute Gasteiger partial charge is 0.345 e. The molecule has 0 aliphatic carbocycles. The molecule has 0 saturated heterocycles. The first-order valence-electron chi connectivity index (χ1n) is 5.40. The van der Waals surface area contributed by atoms with Crippen LogP contribution in [-0.4, -0.2) is 12.0 Å². The van der Waals surface area contributed by atoms with Crippen LogP contribution in [0.25, 0.3) is 0 Å². The Bertz CT molecular complexity index is 474. The average molecular weight is 212 g/mol. The maximum Gasteiger partial charge on any atom is 0.0441 e. The number of pyridine rings is 1. The standard InChI is InChI=1S/C14H16N2/c1-11-4-6-13(7-5-11)16(3)14-8-9-15-12(2)10-14/h4-10H,1-3H3. The lowest BCUT2D eigenvalue weighted by atomic mass is 10.2. The summed E-state index contributed by atoms with van der Waals surface area (Å²) in [6, 6.07) is 12.6. The highest BCUT2D eigenvalue weighted by Crippen LogP contribution is 2.23. The van der Waals surface area contributed by atoms with Gasteiger partial charge >= 0.3 is 0 Å².